The van der Waals surface area contributed by atoms with Crippen molar-refractivity contribution in [3.8, 4) is 5.75 Å². The van der Waals surface area contributed by atoms with E-state index in [9.17, 15) is 4.79 Å². The average molecular weight is 337 g/mol. The van der Waals surface area contributed by atoms with Gasteiger partial charge in [0.05, 0.1) is 0 Å². The number of oxazole rings is 1. The molecule has 0 radical (unpaired) electrons. The van der Waals surface area contributed by atoms with Crippen LogP contribution < -0.4 is 10.1 Å². The van der Waals surface area contributed by atoms with Gasteiger partial charge >= 0.3 is 0 Å². The summed E-state index contributed by atoms with van der Waals surface area (Å²) in [7, 11) is 0. The van der Waals surface area contributed by atoms with E-state index in [1.54, 1.807) is 6.20 Å². The Morgan fingerprint density at radius 1 is 1.20 bits per heavy atom. The lowest BCUT2D eigenvalue weighted by Crippen LogP contribution is -2.34. The molecule has 1 unspecified atom stereocenters. The molecule has 128 valence electrons. The fourth-order valence-corrected chi connectivity index (χ4v) is 2.32. The Morgan fingerprint density at radius 3 is 2.76 bits per heavy atom. The molecule has 0 bridgehead atoms. The van der Waals surface area contributed by atoms with Gasteiger partial charge in [-0.05, 0) is 31.2 Å². The van der Waals surface area contributed by atoms with Gasteiger partial charge in [-0.15, -0.1) is 0 Å². The van der Waals surface area contributed by atoms with Gasteiger partial charge in [-0.1, -0.05) is 24.3 Å². The second-order valence-electron chi connectivity index (χ2n) is 5.63. The molecule has 1 amide bonds. The number of benzene rings is 1. The Labute approximate surface area is 145 Å². The molecule has 2 aromatic heterocycles. The van der Waals surface area contributed by atoms with E-state index in [-0.39, 0.29) is 24.2 Å². The van der Waals surface area contributed by atoms with Crippen LogP contribution in [0.1, 0.15) is 29.0 Å². The molecule has 0 saturated carbocycles. The van der Waals surface area contributed by atoms with Crippen molar-refractivity contribution >= 4 is 5.91 Å². The van der Waals surface area contributed by atoms with Crippen LogP contribution >= 0.6 is 0 Å². The first-order chi connectivity index (χ1) is 12.2. The summed E-state index contributed by atoms with van der Waals surface area (Å²) in [5.74, 6) is 0.792. The normalized spacial score (nSPS) is 11.7. The highest BCUT2D eigenvalue weighted by atomic mass is 16.5. The van der Waals surface area contributed by atoms with Crippen LogP contribution in [0.25, 0.3) is 0 Å². The van der Waals surface area contributed by atoms with Crippen molar-refractivity contribution in [3.05, 3.63) is 78.3 Å². The van der Waals surface area contributed by atoms with Gasteiger partial charge in [0.1, 0.15) is 12.0 Å². The molecule has 6 nitrogen and oxygen atoms in total. The maximum absolute atomic E-state index is 12.2. The molecule has 0 aliphatic heterocycles. The molecule has 0 fully saturated rings. The number of ether oxygens (including phenoxy) is 1. The van der Waals surface area contributed by atoms with Crippen LogP contribution in [0, 0.1) is 0 Å². The maximum Gasteiger partial charge on any atom is 0.273 e. The Bertz CT molecular complexity index is 803. The number of pyridine rings is 1. The molecule has 2 heterocycles. The van der Waals surface area contributed by atoms with Gasteiger partial charge in [-0.25, -0.2) is 4.98 Å². The lowest BCUT2D eigenvalue weighted by molar-refractivity contribution is 0.0935. The van der Waals surface area contributed by atoms with Crippen LogP contribution in [0.4, 0.5) is 0 Å². The van der Waals surface area contributed by atoms with E-state index < -0.39 is 0 Å². The molecule has 3 rings (SSSR count). The van der Waals surface area contributed by atoms with Gasteiger partial charge < -0.3 is 14.5 Å². The fourth-order valence-electron chi connectivity index (χ4n) is 2.32. The summed E-state index contributed by atoms with van der Waals surface area (Å²) in [5, 5.41) is 2.89. The van der Waals surface area contributed by atoms with Crippen molar-refractivity contribution in [2.45, 2.75) is 26.0 Å². The van der Waals surface area contributed by atoms with Crippen molar-refractivity contribution in [2.75, 3.05) is 0 Å². The average Bonchev–Trinajstić information content (AvgIpc) is 3.11. The number of rotatable bonds is 7. The van der Waals surface area contributed by atoms with Crippen LogP contribution in [0.2, 0.25) is 0 Å². The summed E-state index contributed by atoms with van der Waals surface area (Å²) in [5.41, 5.74) is 1.16. The van der Waals surface area contributed by atoms with Gasteiger partial charge in [-0.3, -0.25) is 9.78 Å². The zero-order chi connectivity index (χ0) is 17.5. The molecule has 0 aliphatic carbocycles. The summed E-state index contributed by atoms with van der Waals surface area (Å²) >= 11 is 0. The summed E-state index contributed by atoms with van der Waals surface area (Å²) < 4.78 is 10.8. The highest BCUT2D eigenvalue weighted by molar-refractivity contribution is 5.92. The summed E-state index contributed by atoms with van der Waals surface area (Å²) in [4.78, 5) is 20.7. The number of amides is 1. The highest BCUT2D eigenvalue weighted by Crippen LogP contribution is 2.11. The number of carbonyl (C=O) groups is 1. The molecule has 1 aromatic carbocycles. The number of hydrogen-bond acceptors (Lipinski definition) is 5. The van der Waals surface area contributed by atoms with Gasteiger partial charge in [0.25, 0.3) is 5.91 Å². The van der Waals surface area contributed by atoms with E-state index in [1.807, 2.05) is 55.5 Å². The number of aromatic nitrogens is 2. The van der Waals surface area contributed by atoms with E-state index >= 15 is 0 Å². The van der Waals surface area contributed by atoms with Crippen molar-refractivity contribution in [3.63, 3.8) is 0 Å². The Hall–Kier alpha value is -3.15. The number of nitrogens with one attached hydrogen (secondary N) is 1. The molecule has 6 heteroatoms. The number of nitrogens with zero attached hydrogens (tertiary/aromatic N) is 2. The predicted octanol–water partition coefficient (Wildman–Crippen LogP) is 3.01. The van der Waals surface area contributed by atoms with Gasteiger partial charge in [0.2, 0.25) is 5.89 Å². The van der Waals surface area contributed by atoms with E-state index in [4.69, 9.17) is 9.15 Å². The van der Waals surface area contributed by atoms with E-state index in [0.717, 1.165) is 11.4 Å². The molecule has 1 N–H and O–H groups in total. The smallest absolute Gasteiger partial charge is 0.273 e. The maximum atomic E-state index is 12.2. The quantitative estimate of drug-likeness (QED) is 0.717. The van der Waals surface area contributed by atoms with Gasteiger partial charge in [0.15, 0.2) is 12.3 Å². The van der Waals surface area contributed by atoms with Crippen LogP contribution in [0.3, 0.4) is 0 Å². The SMILES string of the molecule is CC(Cc1ccccn1)NC(=O)c1coc(COc2ccccc2)n1. The molecular formula is C19H19N3O3. The lowest BCUT2D eigenvalue weighted by Gasteiger charge is -2.12. The molecule has 0 spiro atoms. The molecule has 3 aromatic rings. The third kappa shape index (κ3) is 4.91. The van der Waals surface area contributed by atoms with Crippen molar-refractivity contribution in [2.24, 2.45) is 0 Å². The van der Waals surface area contributed by atoms with Crippen molar-refractivity contribution in [1.29, 1.82) is 0 Å². The third-order valence-corrected chi connectivity index (χ3v) is 3.51. The van der Waals surface area contributed by atoms with E-state index in [0.29, 0.717) is 12.3 Å². The summed E-state index contributed by atoms with van der Waals surface area (Å²) in [6.45, 7) is 2.09. The Morgan fingerprint density at radius 2 is 2.00 bits per heavy atom. The second-order valence-corrected chi connectivity index (χ2v) is 5.63. The first kappa shape index (κ1) is 16.7. The topological polar surface area (TPSA) is 77.2 Å². The van der Waals surface area contributed by atoms with E-state index in [2.05, 4.69) is 15.3 Å². The first-order valence-corrected chi connectivity index (χ1v) is 8.04. The van der Waals surface area contributed by atoms with Crippen LogP contribution in [-0.2, 0) is 13.0 Å². The zero-order valence-electron chi connectivity index (χ0n) is 13.9. The van der Waals surface area contributed by atoms with Crippen molar-refractivity contribution in [1.82, 2.24) is 15.3 Å². The minimum Gasteiger partial charge on any atom is -0.484 e. The Balaban J connectivity index is 1.51. The number of hydrogen-bond donors (Lipinski definition) is 1. The number of para-hydroxylation sites is 1. The molecular weight excluding hydrogens is 318 g/mol. The van der Waals surface area contributed by atoms with E-state index in [1.165, 1.54) is 6.26 Å². The summed E-state index contributed by atoms with van der Waals surface area (Å²) in [6.07, 6.45) is 3.72. The monoisotopic (exact) mass is 337 g/mol. The Kier molecular flexibility index (Phi) is 5.41. The fraction of sp³-hybridized carbons (Fsp3) is 0.211. The predicted molar refractivity (Wildman–Crippen MR) is 92.1 cm³/mol. The third-order valence-electron chi connectivity index (χ3n) is 3.51. The lowest BCUT2D eigenvalue weighted by atomic mass is 10.1. The molecule has 0 saturated heterocycles. The van der Waals surface area contributed by atoms with Gasteiger partial charge in [0, 0.05) is 24.4 Å². The molecule has 0 aliphatic rings. The van der Waals surface area contributed by atoms with Crippen molar-refractivity contribution < 1.29 is 13.9 Å². The number of carbonyl (C=O) groups excluding carboxylic acids is 1. The van der Waals surface area contributed by atoms with Crippen LogP contribution in [0.15, 0.2) is 65.4 Å². The minimum absolute atomic E-state index is 0.0666. The largest absolute Gasteiger partial charge is 0.484 e. The second kappa shape index (κ2) is 8.10. The summed E-state index contributed by atoms with van der Waals surface area (Å²) in [6, 6.07) is 15.0. The first-order valence-electron chi connectivity index (χ1n) is 8.04. The van der Waals surface area contributed by atoms with Crippen LogP contribution in [0.5, 0.6) is 5.75 Å². The molecule has 25 heavy (non-hydrogen) atoms. The molecule has 1 atom stereocenters. The zero-order valence-corrected chi connectivity index (χ0v) is 13.9. The minimum atomic E-state index is -0.279. The van der Waals surface area contributed by atoms with Crippen LogP contribution in [-0.4, -0.2) is 21.9 Å². The van der Waals surface area contributed by atoms with Gasteiger partial charge in [-0.2, -0.15) is 0 Å². The highest BCUT2D eigenvalue weighted by Gasteiger charge is 2.15. The standard InChI is InChI=1S/C19H19N3O3/c1-14(11-15-7-5-6-10-20-15)21-19(23)17-12-25-18(22-17)13-24-16-8-3-2-4-9-16/h2-10,12,14H,11,13H2,1H3,(H,21,23).